The molecule has 1 aromatic carbocycles. The van der Waals surface area contributed by atoms with E-state index in [1.165, 1.54) is 0 Å². The second kappa shape index (κ2) is 2.91. The summed E-state index contributed by atoms with van der Waals surface area (Å²) in [6, 6.07) is 5.34. The maximum absolute atomic E-state index is 12.9. The number of hydrogen-bond acceptors (Lipinski definition) is 0. The third-order valence-corrected chi connectivity index (χ3v) is 1.59. The molecule has 0 fully saturated rings. The van der Waals surface area contributed by atoms with Crippen LogP contribution in [0.25, 0.3) is 0 Å². The Morgan fingerprint density at radius 3 is 2.60 bits per heavy atom. The Morgan fingerprint density at radius 2 is 2.10 bits per heavy atom. The van der Waals surface area contributed by atoms with Gasteiger partial charge >= 0.3 is 0 Å². The second-order valence-corrected chi connectivity index (χ2v) is 2.45. The van der Waals surface area contributed by atoms with Gasteiger partial charge in [0.15, 0.2) is 0 Å². The first-order valence-electron chi connectivity index (χ1n) is 3.49. The highest BCUT2D eigenvalue weighted by molar-refractivity contribution is 6.32. The predicted molar refractivity (Wildman–Crippen MR) is 46.8 cm³/mol. The molecule has 0 aliphatic rings. The second-order valence-electron chi connectivity index (χ2n) is 2.45. The SMILES string of the molecule is BCc1ccc(B)cc1F. The quantitative estimate of drug-likeness (QED) is 0.441. The first-order valence-corrected chi connectivity index (χ1v) is 3.49. The molecule has 3 heteroatoms. The monoisotopic (exact) mass is 134 g/mol. The number of rotatable bonds is 1. The zero-order valence-corrected chi connectivity index (χ0v) is 6.32. The fourth-order valence-corrected chi connectivity index (χ4v) is 0.939. The summed E-state index contributed by atoms with van der Waals surface area (Å²) in [5, 5.41) is 0. The Kier molecular flexibility index (Phi) is 2.15. The normalized spacial score (nSPS) is 9.70. The number of benzene rings is 1. The summed E-state index contributed by atoms with van der Waals surface area (Å²) in [6.07, 6.45) is 0.770. The Morgan fingerprint density at radius 1 is 1.40 bits per heavy atom. The fourth-order valence-electron chi connectivity index (χ4n) is 0.939. The molecular weight excluding hydrogens is 125 g/mol. The van der Waals surface area contributed by atoms with Crippen molar-refractivity contribution in [3.05, 3.63) is 29.6 Å². The Labute approximate surface area is 62.3 Å². The van der Waals surface area contributed by atoms with Crippen LogP contribution in [-0.4, -0.2) is 15.7 Å². The summed E-state index contributed by atoms with van der Waals surface area (Å²) in [5.74, 6) is -0.0810. The van der Waals surface area contributed by atoms with Crippen molar-refractivity contribution >= 4 is 21.2 Å². The lowest BCUT2D eigenvalue weighted by Crippen LogP contribution is -2.04. The lowest BCUT2D eigenvalue weighted by atomic mass is 9.90. The molecule has 1 aromatic rings. The molecule has 0 N–H and O–H groups in total. The zero-order chi connectivity index (χ0) is 7.56. The van der Waals surface area contributed by atoms with Crippen molar-refractivity contribution in [2.45, 2.75) is 6.32 Å². The van der Waals surface area contributed by atoms with Crippen LogP contribution in [0.5, 0.6) is 0 Å². The van der Waals surface area contributed by atoms with Gasteiger partial charge in [-0.25, -0.2) is 4.39 Å². The van der Waals surface area contributed by atoms with Gasteiger partial charge in [-0.2, -0.15) is 0 Å². The Bertz CT molecular complexity index is 235. The fraction of sp³-hybridized carbons (Fsp3) is 0.143. The van der Waals surface area contributed by atoms with E-state index in [0.717, 1.165) is 17.3 Å². The molecule has 0 aliphatic heterocycles. The number of hydrogen-bond donors (Lipinski definition) is 0. The molecule has 0 spiro atoms. The molecule has 0 aromatic heterocycles. The van der Waals surface area contributed by atoms with Crippen molar-refractivity contribution in [3.8, 4) is 0 Å². The minimum Gasteiger partial charge on any atom is -0.207 e. The molecule has 50 valence electrons. The number of halogens is 1. The maximum atomic E-state index is 12.9. The first-order chi connectivity index (χ1) is 4.74. The van der Waals surface area contributed by atoms with Crippen LogP contribution in [0.2, 0.25) is 0 Å². The molecule has 0 amide bonds. The van der Waals surface area contributed by atoms with Crippen molar-refractivity contribution in [2.75, 3.05) is 0 Å². The minimum absolute atomic E-state index is 0.0810. The molecule has 0 aliphatic carbocycles. The third-order valence-electron chi connectivity index (χ3n) is 1.59. The van der Waals surface area contributed by atoms with Crippen molar-refractivity contribution in [3.63, 3.8) is 0 Å². The van der Waals surface area contributed by atoms with E-state index in [9.17, 15) is 4.39 Å². The maximum Gasteiger partial charge on any atom is 0.139 e. The van der Waals surface area contributed by atoms with E-state index >= 15 is 0 Å². The van der Waals surface area contributed by atoms with Crippen LogP contribution in [0, 0.1) is 5.82 Å². The first kappa shape index (κ1) is 7.39. The summed E-state index contributed by atoms with van der Waals surface area (Å²) in [6.45, 7) is 0. The van der Waals surface area contributed by atoms with E-state index in [1.807, 2.05) is 27.8 Å². The molecule has 1 rings (SSSR count). The standard InChI is InChI=1S/C7H9B2F/c8-4-5-1-2-6(9)3-7(5)10/h1-3H,4,8-9H2. The predicted octanol–water partition coefficient (Wildman–Crippen LogP) is -0.783. The third kappa shape index (κ3) is 1.41. The van der Waals surface area contributed by atoms with Gasteiger partial charge in [0.25, 0.3) is 0 Å². The topological polar surface area (TPSA) is 0 Å². The van der Waals surface area contributed by atoms with Gasteiger partial charge in [0.2, 0.25) is 0 Å². The van der Waals surface area contributed by atoms with Gasteiger partial charge in [-0.1, -0.05) is 23.9 Å². The van der Waals surface area contributed by atoms with Crippen LogP contribution in [-0.2, 0) is 6.32 Å². The van der Waals surface area contributed by atoms with E-state index in [0.29, 0.717) is 0 Å². The van der Waals surface area contributed by atoms with Gasteiger partial charge in [0.1, 0.15) is 21.5 Å². The van der Waals surface area contributed by atoms with Crippen LogP contribution >= 0.6 is 0 Å². The van der Waals surface area contributed by atoms with E-state index in [4.69, 9.17) is 0 Å². The van der Waals surface area contributed by atoms with Gasteiger partial charge in [-0.3, -0.25) is 0 Å². The van der Waals surface area contributed by atoms with Crippen LogP contribution in [0.15, 0.2) is 18.2 Å². The molecular formula is C7H9B2F. The highest BCUT2D eigenvalue weighted by Gasteiger charge is 1.97. The van der Waals surface area contributed by atoms with Gasteiger partial charge in [0, 0.05) is 0 Å². The van der Waals surface area contributed by atoms with E-state index in [-0.39, 0.29) is 5.82 Å². The molecule has 0 atom stereocenters. The minimum atomic E-state index is -0.0810. The molecule has 0 saturated carbocycles. The smallest absolute Gasteiger partial charge is 0.139 e. The average molecular weight is 134 g/mol. The van der Waals surface area contributed by atoms with Gasteiger partial charge in [-0.15, -0.1) is 0 Å². The molecule has 0 radical (unpaired) electrons. The Balaban J connectivity index is 3.07. The van der Waals surface area contributed by atoms with E-state index < -0.39 is 0 Å². The molecule has 0 bridgehead atoms. The largest absolute Gasteiger partial charge is 0.207 e. The Hall–Kier alpha value is -0.720. The summed E-state index contributed by atoms with van der Waals surface area (Å²) in [5.41, 5.74) is 1.78. The van der Waals surface area contributed by atoms with Gasteiger partial charge < -0.3 is 0 Å². The van der Waals surface area contributed by atoms with Crippen LogP contribution in [0.1, 0.15) is 5.56 Å². The van der Waals surface area contributed by atoms with Gasteiger partial charge in [-0.05, 0) is 11.6 Å². The summed E-state index contributed by atoms with van der Waals surface area (Å²) in [7, 11) is 3.84. The highest BCUT2D eigenvalue weighted by Crippen LogP contribution is 2.02. The van der Waals surface area contributed by atoms with Gasteiger partial charge in [0.05, 0.1) is 0 Å². The van der Waals surface area contributed by atoms with E-state index in [2.05, 4.69) is 0 Å². The molecule has 10 heavy (non-hydrogen) atoms. The highest BCUT2D eigenvalue weighted by atomic mass is 19.1. The van der Waals surface area contributed by atoms with Crippen LogP contribution < -0.4 is 5.46 Å². The molecule has 0 saturated heterocycles. The molecule has 0 nitrogen and oxygen atoms in total. The lowest BCUT2D eigenvalue weighted by molar-refractivity contribution is 0.618. The van der Waals surface area contributed by atoms with Crippen molar-refractivity contribution in [2.24, 2.45) is 0 Å². The molecule has 0 unspecified atom stereocenters. The van der Waals surface area contributed by atoms with E-state index in [1.54, 1.807) is 6.07 Å². The summed E-state index contributed by atoms with van der Waals surface area (Å²) in [4.78, 5) is 0. The lowest BCUT2D eigenvalue weighted by Gasteiger charge is -1.98. The summed E-state index contributed by atoms with van der Waals surface area (Å²) < 4.78 is 12.9. The van der Waals surface area contributed by atoms with Crippen molar-refractivity contribution in [1.82, 2.24) is 0 Å². The summed E-state index contributed by atoms with van der Waals surface area (Å²) >= 11 is 0. The zero-order valence-electron chi connectivity index (χ0n) is 6.32. The van der Waals surface area contributed by atoms with Crippen molar-refractivity contribution < 1.29 is 4.39 Å². The van der Waals surface area contributed by atoms with Crippen LogP contribution in [0.4, 0.5) is 4.39 Å². The molecule has 0 heterocycles. The van der Waals surface area contributed by atoms with Crippen LogP contribution in [0.3, 0.4) is 0 Å². The average Bonchev–Trinajstić information content (AvgIpc) is 1.88. The van der Waals surface area contributed by atoms with Crippen molar-refractivity contribution in [1.29, 1.82) is 0 Å².